The van der Waals surface area contributed by atoms with Crippen molar-refractivity contribution in [2.24, 2.45) is 0 Å². The molecule has 0 saturated heterocycles. The minimum Gasteiger partial charge on any atom is -0.507 e. The van der Waals surface area contributed by atoms with Crippen molar-refractivity contribution in [3.8, 4) is 5.75 Å². The molecule has 6 nitrogen and oxygen atoms in total. The second-order valence-electron chi connectivity index (χ2n) is 3.76. The van der Waals surface area contributed by atoms with E-state index in [0.29, 0.717) is 0 Å². The summed E-state index contributed by atoms with van der Waals surface area (Å²) in [6.45, 7) is 0. The van der Waals surface area contributed by atoms with E-state index < -0.39 is 11.6 Å². The Hall–Kier alpha value is -2.15. The zero-order chi connectivity index (χ0) is 13.0. The summed E-state index contributed by atoms with van der Waals surface area (Å²) in [5.41, 5.74) is 5.63. The standard InChI is InChI=1S/C11H5BrN2O4/c12-11-7-8(16)6-4(15)2-1-3(13)5(6)9(17)10(7)18-14-11/h1-2,15H,13H2. The van der Waals surface area contributed by atoms with Crippen molar-refractivity contribution in [3.63, 3.8) is 0 Å². The summed E-state index contributed by atoms with van der Waals surface area (Å²) in [4.78, 5) is 24.4. The minimum atomic E-state index is -0.564. The number of benzene rings is 1. The highest BCUT2D eigenvalue weighted by atomic mass is 79.9. The maximum absolute atomic E-state index is 12.2. The molecule has 0 aliphatic heterocycles. The monoisotopic (exact) mass is 308 g/mol. The lowest BCUT2D eigenvalue weighted by atomic mass is 9.87. The van der Waals surface area contributed by atoms with Crippen LogP contribution < -0.4 is 5.73 Å². The van der Waals surface area contributed by atoms with Crippen LogP contribution in [0.4, 0.5) is 5.69 Å². The number of anilines is 1. The number of ketones is 2. The van der Waals surface area contributed by atoms with Gasteiger partial charge in [0, 0.05) is 5.69 Å². The molecule has 1 aromatic heterocycles. The molecule has 1 heterocycles. The van der Waals surface area contributed by atoms with Crippen LogP contribution in [-0.2, 0) is 0 Å². The van der Waals surface area contributed by atoms with Crippen molar-refractivity contribution in [2.75, 3.05) is 5.73 Å². The van der Waals surface area contributed by atoms with E-state index in [1.807, 2.05) is 0 Å². The average molecular weight is 309 g/mol. The SMILES string of the molecule is Nc1ccc(O)c2c1C(=O)c1onc(Br)c1C2=O. The van der Waals surface area contributed by atoms with Crippen LogP contribution in [0.2, 0.25) is 0 Å². The second kappa shape index (κ2) is 3.42. The molecule has 2 aromatic rings. The van der Waals surface area contributed by atoms with E-state index >= 15 is 0 Å². The van der Waals surface area contributed by atoms with Gasteiger partial charge in [-0.25, -0.2) is 0 Å². The molecule has 1 aromatic carbocycles. The zero-order valence-corrected chi connectivity index (χ0v) is 10.3. The van der Waals surface area contributed by atoms with Crippen molar-refractivity contribution in [2.45, 2.75) is 0 Å². The molecule has 90 valence electrons. The van der Waals surface area contributed by atoms with Crippen LogP contribution in [0, 0.1) is 0 Å². The Bertz CT molecular complexity index is 720. The molecular formula is C11H5BrN2O4. The predicted molar refractivity (Wildman–Crippen MR) is 63.6 cm³/mol. The molecule has 0 spiro atoms. The normalized spacial score (nSPS) is 13.4. The Morgan fingerprint density at radius 1 is 1.17 bits per heavy atom. The first-order valence-electron chi connectivity index (χ1n) is 4.88. The fraction of sp³-hybridized carbons (Fsp3) is 0. The summed E-state index contributed by atoms with van der Waals surface area (Å²) < 4.78 is 4.94. The Morgan fingerprint density at radius 3 is 2.61 bits per heavy atom. The Kier molecular flexibility index (Phi) is 2.09. The summed E-state index contributed by atoms with van der Waals surface area (Å²) in [6, 6.07) is 2.63. The third-order valence-electron chi connectivity index (χ3n) is 2.75. The van der Waals surface area contributed by atoms with Gasteiger partial charge in [0.1, 0.15) is 11.3 Å². The first-order chi connectivity index (χ1) is 8.52. The van der Waals surface area contributed by atoms with Crippen LogP contribution in [0.3, 0.4) is 0 Å². The lowest BCUT2D eigenvalue weighted by Gasteiger charge is -2.15. The predicted octanol–water partition coefficient (Wildman–Crippen LogP) is 1.50. The third-order valence-corrected chi connectivity index (χ3v) is 3.29. The van der Waals surface area contributed by atoms with E-state index in [1.165, 1.54) is 12.1 Å². The number of phenolic OH excluding ortho intramolecular Hbond substituents is 1. The number of aromatic hydroxyl groups is 1. The number of nitrogens with zero attached hydrogens (tertiary/aromatic N) is 1. The molecule has 0 radical (unpaired) electrons. The largest absolute Gasteiger partial charge is 0.507 e. The molecule has 3 rings (SSSR count). The van der Waals surface area contributed by atoms with Crippen LogP contribution >= 0.6 is 15.9 Å². The molecule has 3 N–H and O–H groups in total. The highest BCUT2D eigenvalue weighted by Crippen LogP contribution is 2.38. The fourth-order valence-electron chi connectivity index (χ4n) is 1.94. The maximum Gasteiger partial charge on any atom is 0.234 e. The number of nitrogen functional groups attached to an aromatic ring is 1. The van der Waals surface area contributed by atoms with Crippen molar-refractivity contribution in [3.05, 3.63) is 39.2 Å². The highest BCUT2D eigenvalue weighted by Gasteiger charge is 2.39. The van der Waals surface area contributed by atoms with Crippen LogP contribution in [0.15, 0.2) is 21.3 Å². The topological polar surface area (TPSA) is 106 Å². The van der Waals surface area contributed by atoms with Crippen molar-refractivity contribution < 1.29 is 19.2 Å². The molecule has 7 heteroatoms. The molecule has 0 unspecified atom stereocenters. The zero-order valence-electron chi connectivity index (χ0n) is 8.73. The Labute approximate surface area is 109 Å². The van der Waals surface area contributed by atoms with Gasteiger partial charge in [0.2, 0.25) is 17.3 Å². The number of hydrogen-bond acceptors (Lipinski definition) is 6. The number of fused-ring (bicyclic) bond motifs is 2. The molecular weight excluding hydrogens is 304 g/mol. The number of nitrogens with two attached hydrogens (primary N) is 1. The lowest BCUT2D eigenvalue weighted by Crippen LogP contribution is -2.21. The minimum absolute atomic E-state index is 0.00778. The van der Waals surface area contributed by atoms with Gasteiger partial charge >= 0.3 is 0 Å². The average Bonchev–Trinajstić information content (AvgIpc) is 2.72. The van der Waals surface area contributed by atoms with Crippen molar-refractivity contribution >= 4 is 33.2 Å². The van der Waals surface area contributed by atoms with Gasteiger partial charge in [0.15, 0.2) is 4.60 Å². The number of phenols is 1. The summed E-state index contributed by atoms with van der Waals surface area (Å²) in [7, 11) is 0. The molecule has 1 aliphatic carbocycles. The number of aromatic nitrogens is 1. The molecule has 0 fully saturated rings. The molecule has 0 amide bonds. The lowest BCUT2D eigenvalue weighted by molar-refractivity contribution is 0.0953. The number of rotatable bonds is 0. The number of carbonyl (C=O) groups excluding carboxylic acids is 2. The number of hydrogen-bond donors (Lipinski definition) is 2. The van der Waals surface area contributed by atoms with Gasteiger partial charge in [-0.15, -0.1) is 0 Å². The van der Waals surface area contributed by atoms with Crippen LogP contribution in [0.25, 0.3) is 0 Å². The Morgan fingerprint density at radius 2 is 1.89 bits per heavy atom. The third kappa shape index (κ3) is 1.19. The molecule has 0 saturated carbocycles. The number of halogens is 1. The highest BCUT2D eigenvalue weighted by molar-refractivity contribution is 9.10. The van der Waals surface area contributed by atoms with Gasteiger partial charge in [0.25, 0.3) is 0 Å². The summed E-state index contributed by atoms with van der Waals surface area (Å²) in [5.74, 6) is -1.57. The Balaban J connectivity index is 2.42. The van der Waals surface area contributed by atoms with Gasteiger partial charge in [-0.2, -0.15) is 0 Å². The molecule has 0 bridgehead atoms. The van der Waals surface area contributed by atoms with E-state index in [9.17, 15) is 14.7 Å². The molecule has 0 atom stereocenters. The van der Waals surface area contributed by atoms with E-state index in [0.717, 1.165) is 0 Å². The van der Waals surface area contributed by atoms with Gasteiger partial charge in [0.05, 0.1) is 11.1 Å². The van der Waals surface area contributed by atoms with Crippen LogP contribution in [-0.4, -0.2) is 21.8 Å². The molecule has 1 aliphatic rings. The van der Waals surface area contributed by atoms with Crippen LogP contribution in [0.1, 0.15) is 32.0 Å². The maximum atomic E-state index is 12.2. The van der Waals surface area contributed by atoms with Gasteiger partial charge in [-0.05, 0) is 28.1 Å². The first kappa shape index (κ1) is 11.0. The smallest absolute Gasteiger partial charge is 0.234 e. The fourth-order valence-corrected chi connectivity index (χ4v) is 2.38. The summed E-state index contributed by atoms with van der Waals surface area (Å²) in [6.07, 6.45) is 0. The van der Waals surface area contributed by atoms with E-state index in [2.05, 4.69) is 21.1 Å². The number of carbonyl (C=O) groups is 2. The van der Waals surface area contributed by atoms with E-state index in [4.69, 9.17) is 10.3 Å². The van der Waals surface area contributed by atoms with Crippen molar-refractivity contribution in [1.82, 2.24) is 5.16 Å². The van der Waals surface area contributed by atoms with Gasteiger partial charge in [-0.3, -0.25) is 9.59 Å². The first-order valence-corrected chi connectivity index (χ1v) is 5.67. The van der Waals surface area contributed by atoms with E-state index in [-0.39, 0.29) is 38.5 Å². The van der Waals surface area contributed by atoms with Crippen LogP contribution in [0.5, 0.6) is 5.75 Å². The van der Waals surface area contributed by atoms with Gasteiger partial charge in [-0.1, -0.05) is 5.16 Å². The van der Waals surface area contributed by atoms with Gasteiger partial charge < -0.3 is 15.4 Å². The quantitative estimate of drug-likeness (QED) is 0.481. The molecule has 18 heavy (non-hydrogen) atoms. The summed E-state index contributed by atoms with van der Waals surface area (Å²) >= 11 is 3.02. The summed E-state index contributed by atoms with van der Waals surface area (Å²) in [5, 5.41) is 13.2. The van der Waals surface area contributed by atoms with E-state index in [1.54, 1.807) is 0 Å². The van der Waals surface area contributed by atoms with Crippen molar-refractivity contribution in [1.29, 1.82) is 0 Å². The second-order valence-corrected chi connectivity index (χ2v) is 4.51.